The maximum absolute atomic E-state index is 11.3. The molecule has 2 atom stereocenters. The zero-order chi connectivity index (χ0) is 15.2. The summed E-state index contributed by atoms with van der Waals surface area (Å²) in [7, 11) is 0. The van der Waals surface area contributed by atoms with Crippen LogP contribution in [0.4, 0.5) is 17.3 Å². The van der Waals surface area contributed by atoms with Crippen LogP contribution in [0.15, 0.2) is 6.33 Å². The molecule has 1 aliphatic rings. The van der Waals surface area contributed by atoms with E-state index in [1.165, 1.54) is 6.33 Å². The molecule has 1 aromatic heterocycles. The second-order valence-electron chi connectivity index (χ2n) is 5.16. The van der Waals surface area contributed by atoms with Crippen LogP contribution in [0.2, 0.25) is 0 Å². The quantitative estimate of drug-likeness (QED) is 0.586. The van der Waals surface area contributed by atoms with Gasteiger partial charge in [0.05, 0.1) is 11.5 Å². The third-order valence-electron chi connectivity index (χ3n) is 3.58. The minimum atomic E-state index is -0.446. The van der Waals surface area contributed by atoms with Crippen LogP contribution in [-0.2, 0) is 4.74 Å². The fraction of sp³-hybridized carbons (Fsp3) is 0.692. The van der Waals surface area contributed by atoms with Crippen molar-refractivity contribution in [3.05, 3.63) is 16.4 Å². The maximum atomic E-state index is 11.3. The molecule has 1 aromatic rings. The van der Waals surface area contributed by atoms with E-state index in [-0.39, 0.29) is 23.4 Å². The van der Waals surface area contributed by atoms with Crippen LogP contribution in [0.25, 0.3) is 0 Å². The molecule has 0 radical (unpaired) electrons. The van der Waals surface area contributed by atoms with Gasteiger partial charge in [0.2, 0.25) is 11.6 Å². The molecule has 0 spiro atoms. The van der Waals surface area contributed by atoms with E-state index >= 15 is 0 Å². The predicted octanol–water partition coefficient (Wildman–Crippen LogP) is 2.04. The molecule has 8 nitrogen and oxygen atoms in total. The first-order valence-corrected chi connectivity index (χ1v) is 7.21. The van der Waals surface area contributed by atoms with Crippen LogP contribution in [0.3, 0.4) is 0 Å². The van der Waals surface area contributed by atoms with Crippen LogP contribution in [0.5, 0.6) is 0 Å². The first kappa shape index (κ1) is 15.4. The van der Waals surface area contributed by atoms with Gasteiger partial charge in [-0.05, 0) is 19.8 Å². The molecule has 2 unspecified atom stereocenters. The standard InChI is InChI=1S/C13H21N5O3/c1-3-5-14-12-11(18(19)20)13(16-8-15-12)17-9(2)10-4-6-21-7-10/h8-10H,3-7H2,1-2H3,(H2,14,15,16,17). The zero-order valence-corrected chi connectivity index (χ0v) is 12.3. The van der Waals surface area contributed by atoms with E-state index in [1.54, 1.807) is 0 Å². The summed E-state index contributed by atoms with van der Waals surface area (Å²) in [5.74, 6) is 0.855. The van der Waals surface area contributed by atoms with Gasteiger partial charge in [0.25, 0.3) is 0 Å². The number of hydrogen-bond donors (Lipinski definition) is 2. The van der Waals surface area contributed by atoms with E-state index in [0.29, 0.717) is 19.1 Å². The monoisotopic (exact) mass is 295 g/mol. The molecule has 2 rings (SSSR count). The Kier molecular flexibility index (Phi) is 5.26. The van der Waals surface area contributed by atoms with Gasteiger partial charge in [0.15, 0.2) is 0 Å². The number of nitrogens with zero attached hydrogens (tertiary/aromatic N) is 3. The van der Waals surface area contributed by atoms with Crippen molar-refractivity contribution < 1.29 is 9.66 Å². The Morgan fingerprint density at radius 3 is 2.90 bits per heavy atom. The van der Waals surface area contributed by atoms with E-state index in [4.69, 9.17) is 4.74 Å². The molecule has 0 bridgehead atoms. The molecule has 21 heavy (non-hydrogen) atoms. The van der Waals surface area contributed by atoms with Crippen molar-refractivity contribution in [2.45, 2.75) is 32.7 Å². The van der Waals surface area contributed by atoms with E-state index < -0.39 is 4.92 Å². The summed E-state index contributed by atoms with van der Waals surface area (Å²) in [6.07, 6.45) is 3.15. The van der Waals surface area contributed by atoms with Crippen LogP contribution in [-0.4, -0.2) is 40.7 Å². The first-order valence-electron chi connectivity index (χ1n) is 7.21. The first-order chi connectivity index (χ1) is 10.1. The second-order valence-corrected chi connectivity index (χ2v) is 5.16. The maximum Gasteiger partial charge on any atom is 0.353 e. The fourth-order valence-corrected chi connectivity index (χ4v) is 2.31. The topological polar surface area (TPSA) is 102 Å². The van der Waals surface area contributed by atoms with Gasteiger partial charge in [-0.2, -0.15) is 0 Å². The normalized spacial score (nSPS) is 19.2. The summed E-state index contributed by atoms with van der Waals surface area (Å²) in [4.78, 5) is 18.9. The number of aromatic nitrogens is 2. The molecule has 0 aromatic carbocycles. The summed E-state index contributed by atoms with van der Waals surface area (Å²) < 4.78 is 5.35. The third kappa shape index (κ3) is 3.78. The molecule has 116 valence electrons. The predicted molar refractivity (Wildman–Crippen MR) is 79.5 cm³/mol. The highest BCUT2D eigenvalue weighted by molar-refractivity contribution is 5.69. The van der Waals surface area contributed by atoms with Gasteiger partial charge in [-0.15, -0.1) is 0 Å². The SMILES string of the molecule is CCCNc1ncnc(NC(C)C2CCOC2)c1[N+](=O)[O-]. The minimum absolute atomic E-state index is 0.0557. The van der Waals surface area contributed by atoms with Gasteiger partial charge < -0.3 is 15.4 Å². The summed E-state index contributed by atoms with van der Waals surface area (Å²) >= 11 is 0. The summed E-state index contributed by atoms with van der Waals surface area (Å²) in [5.41, 5.74) is -0.100. The number of nitro groups is 1. The Morgan fingerprint density at radius 2 is 2.29 bits per heavy atom. The van der Waals surface area contributed by atoms with Gasteiger partial charge in [0.1, 0.15) is 6.33 Å². The molecule has 1 saturated heterocycles. The number of hydrogen-bond acceptors (Lipinski definition) is 7. The number of ether oxygens (including phenoxy) is 1. The second kappa shape index (κ2) is 7.16. The number of rotatable bonds is 7. The minimum Gasteiger partial charge on any atom is -0.381 e. The van der Waals surface area contributed by atoms with Crippen LogP contribution in [0, 0.1) is 16.0 Å². The lowest BCUT2D eigenvalue weighted by Crippen LogP contribution is -2.27. The Labute approximate surface area is 123 Å². The Balaban J connectivity index is 2.18. The molecule has 1 aliphatic heterocycles. The molecule has 2 heterocycles. The average Bonchev–Trinajstić information content (AvgIpc) is 2.99. The Hall–Kier alpha value is -1.96. The highest BCUT2D eigenvalue weighted by Crippen LogP contribution is 2.30. The van der Waals surface area contributed by atoms with Gasteiger partial charge >= 0.3 is 5.69 Å². The van der Waals surface area contributed by atoms with Crippen molar-refractivity contribution in [2.75, 3.05) is 30.4 Å². The summed E-state index contributed by atoms with van der Waals surface area (Å²) in [6, 6.07) is 0.0557. The molecule has 0 saturated carbocycles. The van der Waals surface area contributed by atoms with Gasteiger partial charge in [-0.25, -0.2) is 9.97 Å². The van der Waals surface area contributed by atoms with E-state index in [2.05, 4.69) is 20.6 Å². The van der Waals surface area contributed by atoms with Gasteiger partial charge in [-0.3, -0.25) is 10.1 Å². The molecule has 0 amide bonds. The van der Waals surface area contributed by atoms with Crippen LogP contribution >= 0.6 is 0 Å². The lowest BCUT2D eigenvalue weighted by Gasteiger charge is -2.20. The molecule has 8 heteroatoms. The van der Waals surface area contributed by atoms with E-state index in [0.717, 1.165) is 19.4 Å². The zero-order valence-electron chi connectivity index (χ0n) is 12.3. The molecular formula is C13H21N5O3. The van der Waals surface area contributed by atoms with Crippen molar-refractivity contribution in [3.63, 3.8) is 0 Å². The Bertz CT molecular complexity index is 491. The third-order valence-corrected chi connectivity index (χ3v) is 3.58. The number of anilines is 2. The van der Waals surface area contributed by atoms with Crippen LogP contribution < -0.4 is 10.6 Å². The van der Waals surface area contributed by atoms with Gasteiger partial charge in [-0.1, -0.05) is 6.92 Å². The lowest BCUT2D eigenvalue weighted by molar-refractivity contribution is -0.383. The van der Waals surface area contributed by atoms with Gasteiger partial charge in [0, 0.05) is 25.1 Å². The Morgan fingerprint density at radius 1 is 1.52 bits per heavy atom. The summed E-state index contributed by atoms with van der Waals surface area (Å²) in [5, 5.41) is 17.4. The highest BCUT2D eigenvalue weighted by Gasteiger charge is 2.27. The lowest BCUT2D eigenvalue weighted by atomic mass is 10.0. The average molecular weight is 295 g/mol. The largest absolute Gasteiger partial charge is 0.381 e. The molecule has 1 fully saturated rings. The summed E-state index contributed by atoms with van der Waals surface area (Å²) in [6.45, 7) is 6.02. The van der Waals surface area contributed by atoms with Crippen molar-refractivity contribution in [1.82, 2.24) is 9.97 Å². The van der Waals surface area contributed by atoms with E-state index in [1.807, 2.05) is 13.8 Å². The molecule has 0 aliphatic carbocycles. The highest BCUT2D eigenvalue weighted by atomic mass is 16.6. The van der Waals surface area contributed by atoms with Crippen molar-refractivity contribution >= 4 is 17.3 Å². The van der Waals surface area contributed by atoms with E-state index in [9.17, 15) is 10.1 Å². The smallest absolute Gasteiger partial charge is 0.353 e. The number of nitrogens with one attached hydrogen (secondary N) is 2. The van der Waals surface area contributed by atoms with Crippen molar-refractivity contribution in [3.8, 4) is 0 Å². The van der Waals surface area contributed by atoms with Crippen molar-refractivity contribution in [2.24, 2.45) is 5.92 Å². The van der Waals surface area contributed by atoms with Crippen LogP contribution in [0.1, 0.15) is 26.7 Å². The fourth-order valence-electron chi connectivity index (χ4n) is 2.31. The van der Waals surface area contributed by atoms with Crippen molar-refractivity contribution in [1.29, 1.82) is 0 Å². The molecule has 2 N–H and O–H groups in total. The molecular weight excluding hydrogens is 274 g/mol.